The smallest absolute Gasteiger partial charge is 0.325 e. The fraction of sp³-hybridized carbons (Fsp3) is 0.471. The molecule has 128 valence electrons. The van der Waals surface area contributed by atoms with Crippen LogP contribution >= 0.6 is 0 Å². The third-order valence-corrected chi connectivity index (χ3v) is 4.91. The summed E-state index contributed by atoms with van der Waals surface area (Å²) in [7, 11) is 1.63. The van der Waals surface area contributed by atoms with Gasteiger partial charge in [0.15, 0.2) is 0 Å². The van der Waals surface area contributed by atoms with Crippen molar-refractivity contribution in [1.82, 2.24) is 9.80 Å². The molecule has 2 aliphatic rings. The Balaban J connectivity index is 1.70. The van der Waals surface area contributed by atoms with E-state index in [4.69, 9.17) is 0 Å². The molecule has 1 saturated heterocycles. The van der Waals surface area contributed by atoms with Crippen molar-refractivity contribution in [1.29, 1.82) is 0 Å². The van der Waals surface area contributed by atoms with Crippen molar-refractivity contribution in [3.8, 4) is 0 Å². The zero-order valence-electron chi connectivity index (χ0n) is 13.5. The SMILES string of the molecule is CN1C(=O)N(CC(=O)Nc2ccc(F)cc2)C(=O)C12CCCCC2. The molecule has 1 aromatic rings. The topological polar surface area (TPSA) is 69.7 Å². The Labute approximate surface area is 139 Å². The van der Waals surface area contributed by atoms with Crippen LogP contribution in [0.5, 0.6) is 0 Å². The summed E-state index contributed by atoms with van der Waals surface area (Å²) in [6.07, 6.45) is 4.15. The van der Waals surface area contributed by atoms with Crippen molar-refractivity contribution in [3.63, 3.8) is 0 Å². The van der Waals surface area contributed by atoms with E-state index < -0.39 is 23.3 Å². The van der Waals surface area contributed by atoms with Crippen molar-refractivity contribution >= 4 is 23.5 Å². The lowest BCUT2D eigenvalue weighted by Crippen LogP contribution is -2.49. The lowest BCUT2D eigenvalue weighted by Gasteiger charge is -2.35. The van der Waals surface area contributed by atoms with Gasteiger partial charge in [0.2, 0.25) is 5.91 Å². The van der Waals surface area contributed by atoms with Gasteiger partial charge in [0.25, 0.3) is 5.91 Å². The van der Waals surface area contributed by atoms with Crippen molar-refractivity contribution in [3.05, 3.63) is 30.1 Å². The van der Waals surface area contributed by atoms with Gasteiger partial charge in [-0.2, -0.15) is 0 Å². The molecule has 0 bridgehead atoms. The predicted octanol–water partition coefficient (Wildman–Crippen LogP) is 2.36. The highest BCUT2D eigenvalue weighted by molar-refractivity contribution is 6.10. The molecule has 0 aromatic heterocycles. The molecule has 0 atom stereocenters. The van der Waals surface area contributed by atoms with E-state index in [0.717, 1.165) is 24.2 Å². The number of likely N-dealkylation sites (N-methyl/N-ethyl adjacent to an activating group) is 1. The summed E-state index contributed by atoms with van der Waals surface area (Å²) >= 11 is 0. The molecule has 6 nitrogen and oxygen atoms in total. The number of benzene rings is 1. The lowest BCUT2D eigenvalue weighted by molar-refractivity contribution is -0.136. The normalized spacial score (nSPS) is 19.9. The first-order valence-electron chi connectivity index (χ1n) is 8.09. The highest BCUT2D eigenvalue weighted by Gasteiger charge is 2.55. The van der Waals surface area contributed by atoms with Crippen LogP contribution in [-0.4, -0.2) is 46.8 Å². The first-order valence-corrected chi connectivity index (χ1v) is 8.09. The van der Waals surface area contributed by atoms with Crippen molar-refractivity contribution in [2.24, 2.45) is 0 Å². The number of anilines is 1. The number of rotatable bonds is 3. The predicted molar refractivity (Wildman–Crippen MR) is 85.7 cm³/mol. The molecule has 2 fully saturated rings. The molecule has 0 radical (unpaired) electrons. The maximum absolute atomic E-state index is 12.9. The second-order valence-corrected chi connectivity index (χ2v) is 6.38. The van der Waals surface area contributed by atoms with Crippen LogP contribution in [0.1, 0.15) is 32.1 Å². The largest absolute Gasteiger partial charge is 0.327 e. The molecule has 1 spiro atoms. The minimum absolute atomic E-state index is 0.288. The minimum atomic E-state index is -0.786. The maximum atomic E-state index is 12.9. The van der Waals surface area contributed by atoms with E-state index in [2.05, 4.69) is 5.32 Å². The van der Waals surface area contributed by atoms with E-state index in [1.807, 2.05) is 0 Å². The van der Waals surface area contributed by atoms with Crippen LogP contribution in [0.2, 0.25) is 0 Å². The first-order chi connectivity index (χ1) is 11.4. The van der Waals surface area contributed by atoms with Crippen LogP contribution in [-0.2, 0) is 9.59 Å². The zero-order chi connectivity index (χ0) is 17.3. The highest BCUT2D eigenvalue weighted by atomic mass is 19.1. The van der Waals surface area contributed by atoms with Crippen LogP contribution in [0, 0.1) is 5.82 Å². The van der Waals surface area contributed by atoms with E-state index in [-0.39, 0.29) is 12.5 Å². The van der Waals surface area contributed by atoms with Gasteiger partial charge in [0.05, 0.1) is 0 Å². The number of hydrogen-bond donors (Lipinski definition) is 1. The summed E-state index contributed by atoms with van der Waals surface area (Å²) < 4.78 is 12.9. The van der Waals surface area contributed by atoms with Crippen molar-refractivity contribution in [2.75, 3.05) is 18.9 Å². The van der Waals surface area contributed by atoms with Gasteiger partial charge in [0.1, 0.15) is 17.9 Å². The van der Waals surface area contributed by atoms with Gasteiger partial charge < -0.3 is 10.2 Å². The van der Waals surface area contributed by atoms with Gasteiger partial charge in [-0.1, -0.05) is 19.3 Å². The Kier molecular flexibility index (Phi) is 4.26. The first kappa shape index (κ1) is 16.4. The number of nitrogens with one attached hydrogen (secondary N) is 1. The summed E-state index contributed by atoms with van der Waals surface area (Å²) in [4.78, 5) is 39.8. The molecule has 1 aliphatic heterocycles. The number of amides is 4. The number of urea groups is 1. The Morgan fingerprint density at radius 1 is 1.17 bits per heavy atom. The molecular weight excluding hydrogens is 313 g/mol. The fourth-order valence-electron chi connectivity index (χ4n) is 3.55. The third kappa shape index (κ3) is 2.74. The van der Waals surface area contributed by atoms with Crippen LogP contribution in [0.4, 0.5) is 14.9 Å². The number of nitrogens with zero attached hydrogens (tertiary/aromatic N) is 2. The molecule has 0 unspecified atom stereocenters. The average Bonchev–Trinajstić information content (AvgIpc) is 2.74. The monoisotopic (exact) mass is 333 g/mol. The highest BCUT2D eigenvalue weighted by Crippen LogP contribution is 2.39. The molecule has 1 N–H and O–H groups in total. The molecular formula is C17H20FN3O3. The summed E-state index contributed by atoms with van der Waals surface area (Å²) in [6, 6.07) is 4.88. The standard InChI is InChI=1S/C17H20FN3O3/c1-20-16(24)21(15(23)17(20)9-3-2-4-10-17)11-14(22)19-13-7-5-12(18)6-8-13/h5-8H,2-4,9-11H2,1H3,(H,19,22). The Bertz CT molecular complexity index is 668. The zero-order valence-corrected chi connectivity index (χ0v) is 13.5. The van der Waals surface area contributed by atoms with Crippen LogP contribution < -0.4 is 5.32 Å². The van der Waals surface area contributed by atoms with Crippen molar-refractivity contribution < 1.29 is 18.8 Å². The second-order valence-electron chi connectivity index (χ2n) is 6.38. The maximum Gasteiger partial charge on any atom is 0.327 e. The summed E-state index contributed by atoms with van der Waals surface area (Å²) in [5.41, 5.74) is -0.368. The van der Waals surface area contributed by atoms with E-state index in [1.54, 1.807) is 7.05 Å². The van der Waals surface area contributed by atoms with Gasteiger partial charge in [-0.25, -0.2) is 9.18 Å². The molecule has 3 rings (SSSR count). The Hall–Kier alpha value is -2.44. The summed E-state index contributed by atoms with van der Waals surface area (Å²) in [5, 5.41) is 2.57. The molecule has 4 amide bonds. The number of halogens is 1. The van der Waals surface area contributed by atoms with Gasteiger partial charge in [-0.3, -0.25) is 14.5 Å². The Morgan fingerprint density at radius 2 is 1.79 bits per heavy atom. The average molecular weight is 333 g/mol. The van der Waals surface area contributed by atoms with E-state index >= 15 is 0 Å². The van der Waals surface area contributed by atoms with Gasteiger partial charge in [0, 0.05) is 12.7 Å². The lowest BCUT2D eigenvalue weighted by atomic mass is 9.81. The summed E-state index contributed by atoms with van der Waals surface area (Å²) in [5.74, 6) is -1.17. The van der Waals surface area contributed by atoms with Crippen LogP contribution in [0.3, 0.4) is 0 Å². The van der Waals surface area contributed by atoms with Crippen LogP contribution in [0.15, 0.2) is 24.3 Å². The minimum Gasteiger partial charge on any atom is -0.325 e. The fourth-order valence-corrected chi connectivity index (χ4v) is 3.55. The molecule has 1 aromatic carbocycles. The van der Waals surface area contributed by atoms with Crippen molar-refractivity contribution in [2.45, 2.75) is 37.6 Å². The van der Waals surface area contributed by atoms with Gasteiger partial charge in [-0.15, -0.1) is 0 Å². The molecule has 7 heteroatoms. The molecule has 1 saturated carbocycles. The molecule has 24 heavy (non-hydrogen) atoms. The quantitative estimate of drug-likeness (QED) is 0.863. The summed E-state index contributed by atoms with van der Waals surface area (Å²) in [6.45, 7) is -0.332. The number of carbonyl (C=O) groups excluding carboxylic acids is 3. The van der Waals surface area contributed by atoms with E-state index in [9.17, 15) is 18.8 Å². The number of hydrogen-bond acceptors (Lipinski definition) is 3. The van der Waals surface area contributed by atoms with E-state index in [0.29, 0.717) is 18.5 Å². The van der Waals surface area contributed by atoms with Gasteiger partial charge >= 0.3 is 6.03 Å². The van der Waals surface area contributed by atoms with Gasteiger partial charge in [-0.05, 0) is 37.1 Å². The third-order valence-electron chi connectivity index (χ3n) is 4.91. The van der Waals surface area contributed by atoms with Crippen LogP contribution in [0.25, 0.3) is 0 Å². The van der Waals surface area contributed by atoms with E-state index in [1.165, 1.54) is 29.2 Å². The molecule has 1 aliphatic carbocycles. The second kappa shape index (κ2) is 6.22. The number of carbonyl (C=O) groups is 3. The number of imide groups is 1. The Morgan fingerprint density at radius 3 is 2.42 bits per heavy atom. The molecule has 1 heterocycles.